The highest BCUT2D eigenvalue weighted by molar-refractivity contribution is 5.94. The van der Waals surface area contributed by atoms with Gasteiger partial charge in [-0.3, -0.25) is 9.78 Å². The van der Waals surface area contributed by atoms with Gasteiger partial charge in [0, 0.05) is 25.2 Å². The first-order valence-electron chi connectivity index (χ1n) is 9.07. The number of likely N-dealkylation sites (tertiary alicyclic amines) is 1. The van der Waals surface area contributed by atoms with Crippen molar-refractivity contribution < 1.29 is 14.3 Å². The van der Waals surface area contributed by atoms with Gasteiger partial charge in [0.15, 0.2) is 0 Å². The highest BCUT2D eigenvalue weighted by atomic mass is 16.6. The van der Waals surface area contributed by atoms with Crippen molar-refractivity contribution in [3.63, 3.8) is 0 Å². The second-order valence-corrected chi connectivity index (χ2v) is 7.74. The summed E-state index contributed by atoms with van der Waals surface area (Å²) in [5.41, 5.74) is 1.11. The van der Waals surface area contributed by atoms with Crippen LogP contribution in [0, 0.1) is 5.92 Å². The largest absolute Gasteiger partial charge is 0.444 e. The second kappa shape index (κ2) is 7.78. The molecule has 1 N–H and O–H groups in total. The standard InChI is InChI=1S/C21H25N3O3/c1-21(2,3)27-20(26)24-13-17(15-8-5-4-6-9-15)18(14-24)19(25)23-16-10-7-11-22-12-16/h4-12,17-18H,13-14H2,1-3H3,(H,23,25). The van der Waals surface area contributed by atoms with Crippen LogP contribution in [0.4, 0.5) is 10.5 Å². The van der Waals surface area contributed by atoms with Gasteiger partial charge in [0.05, 0.1) is 17.8 Å². The quantitative estimate of drug-likeness (QED) is 0.898. The fraction of sp³-hybridized carbons (Fsp3) is 0.381. The summed E-state index contributed by atoms with van der Waals surface area (Å²) in [5, 5.41) is 2.91. The van der Waals surface area contributed by atoms with Crippen molar-refractivity contribution in [1.82, 2.24) is 9.88 Å². The molecule has 0 spiro atoms. The minimum absolute atomic E-state index is 0.0876. The number of anilines is 1. The molecular formula is C21H25N3O3. The average Bonchev–Trinajstić information content (AvgIpc) is 3.08. The Hall–Kier alpha value is -2.89. The minimum Gasteiger partial charge on any atom is -0.444 e. The summed E-state index contributed by atoms with van der Waals surface area (Å²) in [6, 6.07) is 13.4. The molecule has 2 atom stereocenters. The first-order valence-corrected chi connectivity index (χ1v) is 9.07. The van der Waals surface area contributed by atoms with Crippen molar-refractivity contribution in [2.24, 2.45) is 5.92 Å². The molecule has 6 heteroatoms. The normalized spacial score (nSPS) is 19.6. The second-order valence-electron chi connectivity index (χ2n) is 7.74. The molecule has 2 unspecified atom stereocenters. The Morgan fingerprint density at radius 1 is 1.11 bits per heavy atom. The lowest BCUT2D eigenvalue weighted by Gasteiger charge is -2.24. The maximum Gasteiger partial charge on any atom is 0.410 e. The third kappa shape index (κ3) is 4.84. The van der Waals surface area contributed by atoms with Crippen LogP contribution < -0.4 is 5.32 Å². The zero-order valence-corrected chi connectivity index (χ0v) is 15.9. The maximum atomic E-state index is 12.9. The lowest BCUT2D eigenvalue weighted by Crippen LogP contribution is -2.36. The van der Waals surface area contributed by atoms with Crippen LogP contribution in [0.5, 0.6) is 0 Å². The van der Waals surface area contributed by atoms with Crippen molar-refractivity contribution >= 4 is 17.7 Å². The lowest BCUT2D eigenvalue weighted by atomic mass is 9.88. The predicted molar refractivity (Wildman–Crippen MR) is 103 cm³/mol. The third-order valence-electron chi connectivity index (χ3n) is 4.47. The fourth-order valence-electron chi connectivity index (χ4n) is 3.25. The number of aromatic nitrogens is 1. The summed E-state index contributed by atoms with van der Waals surface area (Å²) >= 11 is 0. The number of pyridine rings is 1. The molecule has 0 saturated carbocycles. The van der Waals surface area contributed by atoms with E-state index in [9.17, 15) is 9.59 Å². The van der Waals surface area contributed by atoms with Gasteiger partial charge in [0.2, 0.25) is 5.91 Å². The van der Waals surface area contributed by atoms with Gasteiger partial charge in [-0.25, -0.2) is 4.79 Å². The van der Waals surface area contributed by atoms with Gasteiger partial charge in [-0.2, -0.15) is 0 Å². The van der Waals surface area contributed by atoms with Crippen LogP contribution in [0.2, 0.25) is 0 Å². The number of hydrogen-bond donors (Lipinski definition) is 1. The van der Waals surface area contributed by atoms with Gasteiger partial charge in [0.25, 0.3) is 0 Å². The maximum absolute atomic E-state index is 12.9. The molecule has 3 rings (SSSR count). The van der Waals surface area contributed by atoms with Crippen molar-refractivity contribution in [3.8, 4) is 0 Å². The van der Waals surface area contributed by atoms with Crippen molar-refractivity contribution in [1.29, 1.82) is 0 Å². The monoisotopic (exact) mass is 367 g/mol. The number of ether oxygens (including phenoxy) is 1. The van der Waals surface area contributed by atoms with Gasteiger partial charge in [0.1, 0.15) is 5.60 Å². The number of hydrogen-bond acceptors (Lipinski definition) is 4. The van der Waals surface area contributed by atoms with Gasteiger partial charge in [-0.15, -0.1) is 0 Å². The van der Waals surface area contributed by atoms with E-state index in [0.29, 0.717) is 18.8 Å². The number of nitrogens with one attached hydrogen (secondary N) is 1. The van der Waals surface area contributed by atoms with Crippen LogP contribution in [0.25, 0.3) is 0 Å². The molecule has 1 aliphatic rings. The molecule has 2 aromatic rings. The van der Waals surface area contributed by atoms with E-state index in [2.05, 4.69) is 10.3 Å². The summed E-state index contributed by atoms with van der Waals surface area (Å²) in [6.45, 7) is 6.28. The number of amides is 2. The van der Waals surface area contributed by atoms with E-state index < -0.39 is 5.60 Å². The summed E-state index contributed by atoms with van der Waals surface area (Å²) in [4.78, 5) is 31.1. The minimum atomic E-state index is -0.574. The Kier molecular flexibility index (Phi) is 5.44. The van der Waals surface area contributed by atoms with Crippen LogP contribution >= 0.6 is 0 Å². The van der Waals surface area contributed by atoms with Gasteiger partial charge in [-0.1, -0.05) is 30.3 Å². The molecular weight excluding hydrogens is 342 g/mol. The molecule has 1 fully saturated rings. The molecule has 1 aromatic heterocycles. The van der Waals surface area contributed by atoms with Crippen LogP contribution in [0.3, 0.4) is 0 Å². The average molecular weight is 367 g/mol. The Bertz CT molecular complexity index is 787. The Morgan fingerprint density at radius 3 is 2.48 bits per heavy atom. The molecule has 1 saturated heterocycles. The summed E-state index contributed by atoms with van der Waals surface area (Å²) in [7, 11) is 0. The van der Waals surface area contributed by atoms with Crippen molar-refractivity contribution in [3.05, 3.63) is 60.4 Å². The van der Waals surface area contributed by atoms with Crippen LogP contribution in [-0.4, -0.2) is 40.6 Å². The summed E-state index contributed by atoms with van der Waals surface area (Å²) in [5.74, 6) is -0.571. The summed E-state index contributed by atoms with van der Waals surface area (Å²) < 4.78 is 5.50. The van der Waals surface area contributed by atoms with Crippen LogP contribution in [0.15, 0.2) is 54.9 Å². The molecule has 142 valence electrons. The van der Waals surface area contributed by atoms with E-state index in [-0.39, 0.29) is 23.8 Å². The number of carbonyl (C=O) groups excluding carboxylic acids is 2. The number of nitrogens with zero attached hydrogens (tertiary/aromatic N) is 2. The van der Waals surface area contributed by atoms with Crippen LogP contribution in [-0.2, 0) is 9.53 Å². The smallest absolute Gasteiger partial charge is 0.410 e. The molecule has 0 bridgehead atoms. The van der Waals surface area contributed by atoms with Gasteiger partial charge < -0.3 is 15.0 Å². The first-order chi connectivity index (χ1) is 12.8. The van der Waals surface area contributed by atoms with Crippen molar-refractivity contribution in [2.45, 2.75) is 32.3 Å². The molecule has 1 aromatic carbocycles. The van der Waals surface area contributed by atoms with E-state index >= 15 is 0 Å². The highest BCUT2D eigenvalue weighted by Crippen LogP contribution is 2.34. The number of carbonyl (C=O) groups is 2. The highest BCUT2D eigenvalue weighted by Gasteiger charge is 2.41. The molecule has 27 heavy (non-hydrogen) atoms. The van der Waals surface area contributed by atoms with E-state index in [1.165, 1.54) is 0 Å². The van der Waals surface area contributed by atoms with E-state index in [1.54, 1.807) is 29.4 Å². The van der Waals surface area contributed by atoms with Gasteiger partial charge >= 0.3 is 6.09 Å². The molecule has 0 aliphatic carbocycles. The zero-order valence-electron chi connectivity index (χ0n) is 15.9. The van der Waals surface area contributed by atoms with E-state index in [4.69, 9.17) is 4.74 Å². The van der Waals surface area contributed by atoms with Gasteiger partial charge in [-0.05, 0) is 38.5 Å². The molecule has 2 heterocycles. The van der Waals surface area contributed by atoms with Crippen molar-refractivity contribution in [2.75, 3.05) is 18.4 Å². The molecule has 2 amide bonds. The van der Waals surface area contributed by atoms with Crippen LogP contribution in [0.1, 0.15) is 32.3 Å². The Labute approximate surface area is 159 Å². The number of rotatable bonds is 3. The molecule has 0 radical (unpaired) electrons. The number of benzene rings is 1. The topological polar surface area (TPSA) is 71.5 Å². The Morgan fingerprint density at radius 2 is 1.85 bits per heavy atom. The predicted octanol–water partition coefficient (Wildman–Crippen LogP) is 3.67. The first kappa shape index (κ1) is 18.9. The third-order valence-corrected chi connectivity index (χ3v) is 4.47. The summed E-state index contributed by atoms with van der Waals surface area (Å²) in [6.07, 6.45) is 2.87. The molecule has 1 aliphatic heterocycles. The molecule has 6 nitrogen and oxygen atoms in total. The van der Waals surface area contributed by atoms with E-state index in [1.807, 2.05) is 51.1 Å². The Balaban J connectivity index is 1.80. The lowest BCUT2D eigenvalue weighted by molar-refractivity contribution is -0.119. The fourth-order valence-corrected chi connectivity index (χ4v) is 3.25. The van der Waals surface area contributed by atoms with E-state index in [0.717, 1.165) is 5.56 Å². The SMILES string of the molecule is CC(C)(C)OC(=O)N1CC(C(=O)Nc2cccnc2)C(c2ccccc2)C1. The zero-order chi connectivity index (χ0) is 19.4.